The Balaban J connectivity index is 0. The molecule has 0 saturated heterocycles. The Kier molecular flexibility index (Phi) is 10.7. The van der Waals surface area contributed by atoms with Crippen LogP contribution in [0.25, 0.3) is 0 Å². The summed E-state index contributed by atoms with van der Waals surface area (Å²) in [5.74, 6) is -2.37. The van der Waals surface area contributed by atoms with Crippen molar-refractivity contribution in [3.05, 3.63) is 24.3 Å². The van der Waals surface area contributed by atoms with E-state index in [1.165, 1.54) is 0 Å². The van der Waals surface area contributed by atoms with E-state index in [-0.39, 0.29) is 35.6 Å². The first-order chi connectivity index (χ1) is 9.15. The number of hydrogen-bond donors (Lipinski definition) is 2. The van der Waals surface area contributed by atoms with Gasteiger partial charge in [0.1, 0.15) is 5.78 Å². The van der Waals surface area contributed by atoms with Crippen LogP contribution in [0.15, 0.2) is 24.3 Å². The van der Waals surface area contributed by atoms with E-state index in [0.717, 1.165) is 0 Å². The summed E-state index contributed by atoms with van der Waals surface area (Å²) in [4.78, 5) is 41.4. The van der Waals surface area contributed by atoms with Gasteiger partial charge in [0, 0.05) is 24.8 Å². The van der Waals surface area contributed by atoms with Gasteiger partial charge >= 0.3 is 11.9 Å². The molecule has 6 nitrogen and oxygen atoms in total. The first kappa shape index (κ1) is 20.1. The largest absolute Gasteiger partial charge is 0.481 e. The fourth-order valence-electron chi connectivity index (χ4n) is 0.970. The van der Waals surface area contributed by atoms with Gasteiger partial charge in [0.15, 0.2) is 5.78 Å². The zero-order valence-electron chi connectivity index (χ0n) is 11.8. The number of Topliss-reactive ketones (excluding diaryl/α,β-unsaturated/α-hetero) is 2. The summed E-state index contributed by atoms with van der Waals surface area (Å²) < 4.78 is 0. The van der Waals surface area contributed by atoms with Crippen LogP contribution in [-0.2, 0) is 19.2 Å². The molecule has 0 spiro atoms. The summed E-state index contributed by atoms with van der Waals surface area (Å²) in [5, 5.41) is 16.5. The van der Waals surface area contributed by atoms with Crippen LogP contribution in [0.2, 0.25) is 0 Å². The van der Waals surface area contributed by atoms with Crippen molar-refractivity contribution in [2.45, 2.75) is 39.5 Å². The normalized spacial score (nSPS) is 8.90. The number of carbonyl (C=O) groups is 4. The molecular formula is C14H20O6. The van der Waals surface area contributed by atoms with Crippen molar-refractivity contribution in [1.82, 2.24) is 0 Å². The van der Waals surface area contributed by atoms with Crippen molar-refractivity contribution in [2.75, 3.05) is 0 Å². The Labute approximate surface area is 117 Å². The van der Waals surface area contributed by atoms with E-state index in [9.17, 15) is 19.2 Å². The van der Waals surface area contributed by atoms with Crippen LogP contribution in [-0.4, -0.2) is 33.7 Å². The monoisotopic (exact) mass is 284 g/mol. The summed E-state index contributed by atoms with van der Waals surface area (Å²) >= 11 is 0. The van der Waals surface area contributed by atoms with Crippen LogP contribution in [0.3, 0.4) is 0 Å². The molecule has 6 heteroatoms. The number of ketones is 2. The molecule has 0 aliphatic carbocycles. The van der Waals surface area contributed by atoms with E-state index >= 15 is 0 Å². The third kappa shape index (κ3) is 10.9. The van der Waals surface area contributed by atoms with Crippen molar-refractivity contribution in [2.24, 2.45) is 0 Å². The van der Waals surface area contributed by atoms with Crippen molar-refractivity contribution in [3.63, 3.8) is 0 Å². The average molecular weight is 284 g/mol. The summed E-state index contributed by atoms with van der Waals surface area (Å²) in [6.45, 7) is 9.92. The zero-order valence-corrected chi connectivity index (χ0v) is 11.8. The highest BCUT2D eigenvalue weighted by Gasteiger charge is 2.08. The molecule has 0 aromatic carbocycles. The number of carboxylic acid groups (broad SMARTS) is 2. The van der Waals surface area contributed by atoms with E-state index in [0.29, 0.717) is 12.8 Å². The molecule has 0 aromatic rings. The Hall–Kier alpha value is -2.24. The Morgan fingerprint density at radius 1 is 0.850 bits per heavy atom. The molecule has 0 bridgehead atoms. The lowest BCUT2D eigenvalue weighted by Crippen LogP contribution is -2.04. The summed E-state index contributed by atoms with van der Waals surface area (Å²) in [5.41, 5.74) is 0.141. The third-order valence-corrected chi connectivity index (χ3v) is 2.19. The highest BCUT2D eigenvalue weighted by atomic mass is 16.4. The fraction of sp³-hybridized carbons (Fsp3) is 0.429. The van der Waals surface area contributed by atoms with Gasteiger partial charge in [-0.2, -0.15) is 0 Å². The van der Waals surface area contributed by atoms with Crippen LogP contribution in [0.4, 0.5) is 0 Å². The van der Waals surface area contributed by atoms with Gasteiger partial charge in [-0.1, -0.05) is 27.0 Å². The lowest BCUT2D eigenvalue weighted by Gasteiger charge is -1.96. The third-order valence-electron chi connectivity index (χ3n) is 2.19. The quantitative estimate of drug-likeness (QED) is 0.660. The highest BCUT2D eigenvalue weighted by molar-refractivity contribution is 5.98. The maximum atomic E-state index is 10.7. The fourth-order valence-corrected chi connectivity index (χ4v) is 0.970. The molecular weight excluding hydrogens is 264 g/mol. The molecule has 0 rings (SSSR count). The molecule has 2 N–H and O–H groups in total. The molecule has 0 amide bonds. The van der Waals surface area contributed by atoms with Crippen molar-refractivity contribution in [3.8, 4) is 0 Å². The van der Waals surface area contributed by atoms with Crippen LogP contribution in [0.5, 0.6) is 0 Å². The molecule has 0 heterocycles. The molecule has 0 aliphatic rings. The molecule has 0 aliphatic heterocycles. The first-order valence-corrected chi connectivity index (χ1v) is 6.01. The maximum Gasteiger partial charge on any atom is 0.331 e. The van der Waals surface area contributed by atoms with Gasteiger partial charge in [0.05, 0.1) is 6.42 Å². The second kappa shape index (κ2) is 10.7. The summed E-state index contributed by atoms with van der Waals surface area (Å²) in [6, 6.07) is 0. The van der Waals surface area contributed by atoms with Crippen molar-refractivity contribution in [1.29, 1.82) is 0 Å². The molecule has 0 atom stereocenters. The minimum Gasteiger partial charge on any atom is -0.481 e. The van der Waals surface area contributed by atoms with Crippen LogP contribution < -0.4 is 0 Å². The van der Waals surface area contributed by atoms with Crippen molar-refractivity contribution >= 4 is 23.5 Å². The number of carbonyl (C=O) groups excluding carboxylic acids is 2. The van der Waals surface area contributed by atoms with Gasteiger partial charge in [-0.3, -0.25) is 14.4 Å². The van der Waals surface area contributed by atoms with E-state index in [1.807, 2.05) is 0 Å². The van der Waals surface area contributed by atoms with Gasteiger partial charge in [-0.05, 0) is 5.57 Å². The first-order valence-electron chi connectivity index (χ1n) is 6.01. The Bertz CT molecular complexity index is 419. The SMILES string of the molecule is C=C(CC(=O)CC)C(=O)O.C=C(CC(=O)O)C(=O)CC. The standard InChI is InChI=1S/2C7H10O3/c1-3-6(8)5(2)4-7(9)10;1-3-6(8)4-5(2)7(9)10/h2*2-4H2,1H3,(H,9,10). The molecule has 0 radical (unpaired) electrons. The summed E-state index contributed by atoms with van der Waals surface area (Å²) in [7, 11) is 0. The van der Waals surface area contributed by atoms with E-state index in [2.05, 4.69) is 13.2 Å². The van der Waals surface area contributed by atoms with E-state index < -0.39 is 11.9 Å². The van der Waals surface area contributed by atoms with Crippen LogP contribution >= 0.6 is 0 Å². The molecule has 0 unspecified atom stereocenters. The second-order valence-electron chi connectivity index (χ2n) is 3.93. The molecule has 0 saturated carbocycles. The maximum absolute atomic E-state index is 10.7. The topological polar surface area (TPSA) is 109 Å². The lowest BCUT2D eigenvalue weighted by molar-refractivity contribution is -0.137. The lowest BCUT2D eigenvalue weighted by atomic mass is 10.1. The Morgan fingerprint density at radius 3 is 1.65 bits per heavy atom. The van der Waals surface area contributed by atoms with E-state index in [1.54, 1.807) is 13.8 Å². The van der Waals surface area contributed by atoms with E-state index in [4.69, 9.17) is 10.2 Å². The van der Waals surface area contributed by atoms with Gasteiger partial charge in [0.2, 0.25) is 0 Å². The number of hydrogen-bond acceptors (Lipinski definition) is 4. The van der Waals surface area contributed by atoms with Crippen molar-refractivity contribution < 1.29 is 29.4 Å². The highest BCUT2D eigenvalue weighted by Crippen LogP contribution is 2.01. The minimum absolute atomic E-state index is 0.0353. The molecule has 112 valence electrons. The minimum atomic E-state index is -1.10. The average Bonchev–Trinajstić information content (AvgIpc) is 2.37. The number of carboxylic acids is 2. The Morgan fingerprint density at radius 2 is 1.35 bits per heavy atom. The number of aliphatic carboxylic acids is 2. The van der Waals surface area contributed by atoms with Gasteiger partial charge in [0.25, 0.3) is 0 Å². The predicted octanol–water partition coefficient (Wildman–Crippen LogP) is 1.99. The molecule has 0 fully saturated rings. The number of rotatable bonds is 8. The van der Waals surface area contributed by atoms with Gasteiger partial charge < -0.3 is 10.2 Å². The molecule has 0 aromatic heterocycles. The second-order valence-corrected chi connectivity index (χ2v) is 3.93. The molecule has 20 heavy (non-hydrogen) atoms. The zero-order chi connectivity index (χ0) is 16.3. The smallest absolute Gasteiger partial charge is 0.331 e. The predicted molar refractivity (Wildman–Crippen MR) is 73.4 cm³/mol. The van der Waals surface area contributed by atoms with Crippen LogP contribution in [0, 0.1) is 0 Å². The van der Waals surface area contributed by atoms with Gasteiger partial charge in [-0.15, -0.1) is 0 Å². The van der Waals surface area contributed by atoms with Crippen LogP contribution in [0.1, 0.15) is 39.5 Å². The van der Waals surface area contributed by atoms with Gasteiger partial charge in [-0.25, -0.2) is 4.79 Å². The summed E-state index contributed by atoms with van der Waals surface area (Å²) in [6.07, 6.45) is 0.414.